The summed E-state index contributed by atoms with van der Waals surface area (Å²) in [5, 5.41) is 0. The van der Waals surface area contributed by atoms with Gasteiger partial charge in [-0.15, -0.1) is 0 Å². The number of carbonyl (C=O) groups is 1. The predicted molar refractivity (Wildman–Crippen MR) is 158 cm³/mol. The van der Waals surface area contributed by atoms with E-state index in [4.69, 9.17) is 31.4 Å². The summed E-state index contributed by atoms with van der Waals surface area (Å²) < 4.78 is 18.1. The Morgan fingerprint density at radius 1 is 1.10 bits per heavy atom. The normalized spacial score (nSPS) is 18.5. The number of hydrogen-bond donors (Lipinski definition) is 0. The molecule has 3 aliphatic rings. The van der Waals surface area contributed by atoms with Crippen LogP contribution in [0.25, 0.3) is 11.7 Å². The van der Waals surface area contributed by atoms with Gasteiger partial charge in [-0.05, 0) is 42.3 Å². The molecule has 0 bridgehead atoms. The van der Waals surface area contributed by atoms with Crippen LogP contribution in [0, 0.1) is 6.92 Å². The monoisotopic (exact) mass is 579 g/mol. The standard InChI is InChI=1S/C28H29N5O5S2/c1-18-3-6-24-29-25(31-9-7-30(8-10-31)16-19-4-5-21-22(13-19)38-17-37-21)20(26(34)33(24)15-18)14-23-27(35)32(11-12-36-2)28(39)40-23/h3-6,13-15H,7-12,16-17H2,1-2H3/b23-14-. The van der Waals surface area contributed by atoms with Crippen molar-refractivity contribution >= 4 is 51.7 Å². The molecule has 208 valence electrons. The summed E-state index contributed by atoms with van der Waals surface area (Å²) in [4.78, 5) is 38.3. The number of hydrogen-bond acceptors (Lipinski definition) is 10. The number of benzene rings is 1. The van der Waals surface area contributed by atoms with Crippen LogP contribution in [0.15, 0.2) is 46.2 Å². The number of nitrogens with zero attached hydrogens (tertiary/aromatic N) is 5. The Bertz CT molecular complexity index is 1580. The van der Waals surface area contributed by atoms with E-state index < -0.39 is 0 Å². The highest BCUT2D eigenvalue weighted by atomic mass is 32.2. The molecule has 0 saturated carbocycles. The number of aryl methyl sites for hydroxylation is 1. The van der Waals surface area contributed by atoms with Crippen LogP contribution in [-0.2, 0) is 16.1 Å². The molecule has 2 fully saturated rings. The minimum absolute atomic E-state index is 0.214. The molecule has 1 aromatic carbocycles. The van der Waals surface area contributed by atoms with Crippen molar-refractivity contribution < 1.29 is 19.0 Å². The maximum absolute atomic E-state index is 13.8. The second-order valence-electron chi connectivity index (χ2n) is 9.87. The number of thioether (sulfide) groups is 1. The van der Waals surface area contributed by atoms with E-state index in [2.05, 4.69) is 15.9 Å². The number of carbonyl (C=O) groups excluding carboxylic acids is 1. The molecule has 0 N–H and O–H groups in total. The van der Waals surface area contributed by atoms with Crippen LogP contribution in [0.5, 0.6) is 11.5 Å². The third-order valence-corrected chi connectivity index (χ3v) is 8.55. The summed E-state index contributed by atoms with van der Waals surface area (Å²) in [7, 11) is 1.58. The molecule has 2 saturated heterocycles. The topological polar surface area (TPSA) is 88.8 Å². The number of rotatable bonds is 7. The summed E-state index contributed by atoms with van der Waals surface area (Å²) in [5.41, 5.74) is 2.84. The van der Waals surface area contributed by atoms with Gasteiger partial charge >= 0.3 is 0 Å². The lowest BCUT2D eigenvalue weighted by Crippen LogP contribution is -2.47. The molecular weight excluding hydrogens is 550 g/mol. The minimum atomic E-state index is -0.222. The first-order valence-electron chi connectivity index (χ1n) is 13.0. The van der Waals surface area contributed by atoms with Crippen LogP contribution in [0.4, 0.5) is 5.82 Å². The van der Waals surface area contributed by atoms with Crippen molar-refractivity contribution in [1.82, 2.24) is 19.2 Å². The molecule has 5 heterocycles. The van der Waals surface area contributed by atoms with Gasteiger partial charge in [0.2, 0.25) is 6.79 Å². The second kappa shape index (κ2) is 11.2. The van der Waals surface area contributed by atoms with Crippen LogP contribution in [0.3, 0.4) is 0 Å². The van der Waals surface area contributed by atoms with Crippen molar-refractivity contribution in [3.63, 3.8) is 0 Å². The van der Waals surface area contributed by atoms with Gasteiger partial charge in [0.05, 0.1) is 23.6 Å². The number of methoxy groups -OCH3 is 1. The summed E-state index contributed by atoms with van der Waals surface area (Å²) in [6.07, 6.45) is 3.43. The number of fused-ring (bicyclic) bond motifs is 2. The Morgan fingerprint density at radius 2 is 1.90 bits per heavy atom. The van der Waals surface area contributed by atoms with E-state index in [1.807, 2.05) is 31.2 Å². The molecule has 10 nitrogen and oxygen atoms in total. The quantitative estimate of drug-likeness (QED) is 0.308. The molecule has 12 heteroatoms. The van der Waals surface area contributed by atoms with Crippen molar-refractivity contribution in [2.45, 2.75) is 13.5 Å². The van der Waals surface area contributed by atoms with Crippen LogP contribution >= 0.6 is 24.0 Å². The predicted octanol–water partition coefficient (Wildman–Crippen LogP) is 2.90. The summed E-state index contributed by atoms with van der Waals surface area (Å²) >= 11 is 6.65. The Morgan fingerprint density at radius 3 is 2.70 bits per heavy atom. The Balaban J connectivity index is 1.28. The van der Waals surface area contributed by atoms with E-state index in [-0.39, 0.29) is 18.3 Å². The first-order valence-corrected chi connectivity index (χ1v) is 14.3. The Hall–Kier alpha value is -3.45. The van der Waals surface area contributed by atoms with Crippen LogP contribution in [-0.4, -0.2) is 82.6 Å². The SMILES string of the molecule is COCCN1C(=O)/C(=C/c2c(N3CCN(Cc4ccc5c(c4)OCO5)CC3)nc3ccc(C)cn3c2=O)SC1=S. The van der Waals surface area contributed by atoms with E-state index in [0.717, 1.165) is 42.3 Å². The zero-order valence-corrected chi connectivity index (χ0v) is 23.9. The number of aromatic nitrogens is 2. The van der Waals surface area contributed by atoms with E-state index >= 15 is 0 Å². The molecule has 0 atom stereocenters. The van der Waals surface area contributed by atoms with Gasteiger partial charge in [0.15, 0.2) is 11.5 Å². The van der Waals surface area contributed by atoms with Gasteiger partial charge < -0.3 is 19.1 Å². The van der Waals surface area contributed by atoms with Crippen molar-refractivity contribution in [1.29, 1.82) is 0 Å². The molecule has 0 aliphatic carbocycles. The fraction of sp³-hybridized carbons (Fsp3) is 0.357. The maximum Gasteiger partial charge on any atom is 0.267 e. The van der Waals surface area contributed by atoms with Gasteiger partial charge in [-0.1, -0.05) is 36.1 Å². The zero-order valence-electron chi connectivity index (χ0n) is 22.3. The number of anilines is 1. The number of piperazine rings is 1. The number of ether oxygens (including phenoxy) is 3. The van der Waals surface area contributed by atoms with Gasteiger partial charge in [-0.2, -0.15) is 0 Å². The number of pyridine rings is 1. The molecule has 0 radical (unpaired) electrons. The summed E-state index contributed by atoms with van der Waals surface area (Å²) in [5.74, 6) is 1.92. The molecule has 40 heavy (non-hydrogen) atoms. The highest BCUT2D eigenvalue weighted by Crippen LogP contribution is 2.34. The molecule has 0 spiro atoms. The van der Waals surface area contributed by atoms with E-state index in [1.165, 1.54) is 16.7 Å². The highest BCUT2D eigenvalue weighted by molar-refractivity contribution is 8.26. The van der Waals surface area contributed by atoms with Gasteiger partial charge in [0.1, 0.15) is 15.8 Å². The minimum Gasteiger partial charge on any atom is -0.454 e. The third-order valence-electron chi connectivity index (χ3n) is 7.17. The van der Waals surface area contributed by atoms with E-state index in [0.29, 0.717) is 52.5 Å². The maximum atomic E-state index is 13.8. The van der Waals surface area contributed by atoms with Crippen molar-refractivity contribution in [2.75, 3.05) is 58.1 Å². The molecule has 3 aliphatic heterocycles. The Kier molecular flexibility index (Phi) is 7.49. The lowest BCUT2D eigenvalue weighted by molar-refractivity contribution is -0.122. The number of thiocarbonyl (C=S) groups is 1. The average molecular weight is 580 g/mol. The van der Waals surface area contributed by atoms with Gasteiger partial charge in [-0.25, -0.2) is 4.98 Å². The van der Waals surface area contributed by atoms with Crippen molar-refractivity contribution in [3.8, 4) is 11.5 Å². The fourth-order valence-corrected chi connectivity index (χ4v) is 6.33. The van der Waals surface area contributed by atoms with E-state index in [9.17, 15) is 9.59 Å². The molecule has 6 rings (SSSR count). The number of amides is 1. The third kappa shape index (κ3) is 5.19. The largest absolute Gasteiger partial charge is 0.454 e. The van der Waals surface area contributed by atoms with Crippen LogP contribution in [0.2, 0.25) is 0 Å². The van der Waals surface area contributed by atoms with Crippen LogP contribution < -0.4 is 19.9 Å². The molecule has 2 aromatic heterocycles. The lowest BCUT2D eigenvalue weighted by atomic mass is 10.1. The van der Waals surface area contributed by atoms with Gasteiger partial charge in [-0.3, -0.25) is 23.8 Å². The zero-order chi connectivity index (χ0) is 27.8. The molecule has 0 unspecified atom stereocenters. The molecule has 3 aromatic rings. The molecule has 1 amide bonds. The first kappa shape index (κ1) is 26.8. The van der Waals surface area contributed by atoms with E-state index in [1.54, 1.807) is 23.8 Å². The first-order chi connectivity index (χ1) is 19.4. The lowest BCUT2D eigenvalue weighted by Gasteiger charge is -2.36. The van der Waals surface area contributed by atoms with Gasteiger partial charge in [0.25, 0.3) is 11.5 Å². The fourth-order valence-electron chi connectivity index (χ4n) is 5.04. The highest BCUT2D eigenvalue weighted by Gasteiger charge is 2.33. The van der Waals surface area contributed by atoms with Crippen LogP contribution in [0.1, 0.15) is 16.7 Å². The van der Waals surface area contributed by atoms with Crippen molar-refractivity contribution in [2.24, 2.45) is 0 Å². The summed E-state index contributed by atoms with van der Waals surface area (Å²) in [6, 6.07) is 9.84. The smallest absolute Gasteiger partial charge is 0.267 e. The van der Waals surface area contributed by atoms with Crippen molar-refractivity contribution in [3.05, 3.63) is 68.5 Å². The Labute approximate surface area is 241 Å². The van der Waals surface area contributed by atoms with Gasteiger partial charge in [0, 0.05) is 46.0 Å². The molecular formula is C28H29N5O5S2. The summed E-state index contributed by atoms with van der Waals surface area (Å²) in [6.45, 7) is 6.68. The average Bonchev–Trinajstić information content (AvgIpc) is 3.53. The second-order valence-corrected chi connectivity index (χ2v) is 11.5.